The standard InChI is InChI=1S/C6H14FN3/c1-8-6(9-2)10-5-3-4-7/h3-5H2,1-2H3,(H2,8,9,10). The summed E-state index contributed by atoms with van der Waals surface area (Å²) in [5, 5.41) is 5.75. The Balaban J connectivity index is 3.27. The van der Waals surface area contributed by atoms with Crippen LogP contribution in [0.4, 0.5) is 4.39 Å². The van der Waals surface area contributed by atoms with E-state index in [1.165, 1.54) is 0 Å². The summed E-state index contributed by atoms with van der Waals surface area (Å²) in [4.78, 5) is 3.85. The maximum Gasteiger partial charge on any atom is 0.190 e. The second kappa shape index (κ2) is 6.32. The number of nitrogens with one attached hydrogen (secondary N) is 2. The highest BCUT2D eigenvalue weighted by molar-refractivity contribution is 5.79. The number of rotatable bonds is 3. The predicted molar refractivity (Wildman–Crippen MR) is 41.0 cm³/mol. The maximum atomic E-state index is 11.6. The fourth-order valence-electron chi connectivity index (χ4n) is 0.553. The molecule has 0 aliphatic heterocycles. The van der Waals surface area contributed by atoms with Crippen LogP contribution in [0.5, 0.6) is 0 Å². The molecule has 4 heteroatoms. The Morgan fingerprint density at radius 2 is 2.30 bits per heavy atom. The lowest BCUT2D eigenvalue weighted by Gasteiger charge is -2.05. The van der Waals surface area contributed by atoms with Crippen molar-refractivity contribution in [3.8, 4) is 0 Å². The molecule has 0 heterocycles. The third kappa shape index (κ3) is 4.12. The van der Waals surface area contributed by atoms with E-state index in [9.17, 15) is 4.39 Å². The topological polar surface area (TPSA) is 36.4 Å². The van der Waals surface area contributed by atoms with Crippen LogP contribution < -0.4 is 10.6 Å². The molecule has 0 aromatic carbocycles. The molecule has 0 saturated heterocycles. The lowest BCUT2D eigenvalue weighted by molar-refractivity contribution is 0.471. The van der Waals surface area contributed by atoms with Crippen LogP contribution >= 0.6 is 0 Å². The van der Waals surface area contributed by atoms with Crippen LogP contribution in [0.3, 0.4) is 0 Å². The highest BCUT2D eigenvalue weighted by Gasteiger charge is 1.89. The molecule has 0 rings (SSSR count). The summed E-state index contributed by atoms with van der Waals surface area (Å²) >= 11 is 0. The molecule has 0 spiro atoms. The van der Waals surface area contributed by atoms with E-state index in [-0.39, 0.29) is 6.67 Å². The molecule has 60 valence electrons. The molecule has 0 aliphatic carbocycles. The maximum absolute atomic E-state index is 11.6. The molecular formula is C6H14FN3. The summed E-state index contributed by atoms with van der Waals surface area (Å²) in [5.74, 6) is 0.702. The first kappa shape index (κ1) is 9.20. The molecule has 0 atom stereocenters. The first-order valence-electron chi connectivity index (χ1n) is 3.29. The van der Waals surface area contributed by atoms with Crippen molar-refractivity contribution in [3.63, 3.8) is 0 Å². The molecule has 0 aromatic rings. The number of hydrogen-bond acceptors (Lipinski definition) is 1. The zero-order valence-corrected chi connectivity index (χ0v) is 6.45. The summed E-state index contributed by atoms with van der Waals surface area (Å²) in [5.41, 5.74) is 0. The average Bonchev–Trinajstić information content (AvgIpc) is 1.99. The number of aliphatic imine (C=N–C) groups is 1. The number of nitrogens with zero attached hydrogens (tertiary/aromatic N) is 1. The van der Waals surface area contributed by atoms with Gasteiger partial charge in [0.05, 0.1) is 6.67 Å². The molecule has 0 bridgehead atoms. The minimum absolute atomic E-state index is 0.284. The van der Waals surface area contributed by atoms with Crippen molar-refractivity contribution in [2.24, 2.45) is 4.99 Å². The molecule has 0 aromatic heterocycles. The van der Waals surface area contributed by atoms with E-state index in [2.05, 4.69) is 15.6 Å². The first-order chi connectivity index (χ1) is 4.85. The summed E-state index contributed by atoms with van der Waals surface area (Å²) in [6.45, 7) is 0.345. The van der Waals surface area contributed by atoms with Gasteiger partial charge in [0, 0.05) is 20.6 Å². The Labute approximate surface area is 60.7 Å². The van der Waals surface area contributed by atoms with Crippen molar-refractivity contribution in [1.29, 1.82) is 0 Å². The highest BCUT2D eigenvalue weighted by atomic mass is 19.1. The normalized spacial score (nSPS) is 11.3. The van der Waals surface area contributed by atoms with Crippen molar-refractivity contribution >= 4 is 5.96 Å². The summed E-state index contributed by atoms with van der Waals surface area (Å²) in [6, 6.07) is 0. The van der Waals surface area contributed by atoms with Gasteiger partial charge in [0.15, 0.2) is 5.96 Å². The smallest absolute Gasteiger partial charge is 0.190 e. The molecular weight excluding hydrogens is 133 g/mol. The molecule has 0 radical (unpaired) electrons. The fraction of sp³-hybridized carbons (Fsp3) is 0.833. The van der Waals surface area contributed by atoms with E-state index in [0.717, 1.165) is 0 Å². The van der Waals surface area contributed by atoms with Crippen molar-refractivity contribution in [3.05, 3.63) is 0 Å². The molecule has 0 fully saturated rings. The van der Waals surface area contributed by atoms with Gasteiger partial charge in [-0.2, -0.15) is 0 Å². The van der Waals surface area contributed by atoms with Crippen LogP contribution in [-0.2, 0) is 0 Å². The number of hydrogen-bond donors (Lipinski definition) is 2. The Morgan fingerprint density at radius 3 is 2.70 bits per heavy atom. The van der Waals surface area contributed by atoms with Gasteiger partial charge in [0.1, 0.15) is 0 Å². The zero-order chi connectivity index (χ0) is 7.82. The first-order valence-corrected chi connectivity index (χ1v) is 3.29. The molecule has 0 aliphatic rings. The monoisotopic (exact) mass is 147 g/mol. The van der Waals surface area contributed by atoms with Gasteiger partial charge >= 0.3 is 0 Å². The molecule has 0 saturated carbocycles. The average molecular weight is 147 g/mol. The van der Waals surface area contributed by atoms with Gasteiger partial charge < -0.3 is 10.6 Å². The minimum atomic E-state index is -0.284. The molecule has 0 amide bonds. The Morgan fingerprint density at radius 1 is 1.60 bits per heavy atom. The van der Waals surface area contributed by atoms with E-state index in [4.69, 9.17) is 0 Å². The van der Waals surface area contributed by atoms with Crippen LogP contribution in [0.1, 0.15) is 6.42 Å². The van der Waals surface area contributed by atoms with Gasteiger partial charge in [-0.1, -0.05) is 0 Å². The molecule has 3 nitrogen and oxygen atoms in total. The van der Waals surface area contributed by atoms with E-state index in [1.54, 1.807) is 14.1 Å². The van der Waals surface area contributed by atoms with Crippen LogP contribution in [0.25, 0.3) is 0 Å². The third-order valence-electron chi connectivity index (χ3n) is 1.06. The minimum Gasteiger partial charge on any atom is -0.359 e. The van der Waals surface area contributed by atoms with Gasteiger partial charge in [-0.05, 0) is 6.42 Å². The molecule has 2 N–H and O–H groups in total. The van der Waals surface area contributed by atoms with Gasteiger partial charge in [-0.25, -0.2) is 0 Å². The van der Waals surface area contributed by atoms with E-state index in [0.29, 0.717) is 18.9 Å². The highest BCUT2D eigenvalue weighted by Crippen LogP contribution is 1.76. The van der Waals surface area contributed by atoms with E-state index in [1.807, 2.05) is 0 Å². The summed E-state index contributed by atoms with van der Waals surface area (Å²) < 4.78 is 11.6. The third-order valence-corrected chi connectivity index (χ3v) is 1.06. The Kier molecular flexibility index (Phi) is 5.82. The number of guanidine groups is 1. The van der Waals surface area contributed by atoms with Gasteiger partial charge in [-0.3, -0.25) is 9.38 Å². The number of alkyl halides is 1. The lowest BCUT2D eigenvalue weighted by atomic mass is 10.5. The molecule has 0 unspecified atom stereocenters. The van der Waals surface area contributed by atoms with Crippen LogP contribution in [0, 0.1) is 0 Å². The SMILES string of the molecule is CN=C(NC)NCCCF. The molecule has 10 heavy (non-hydrogen) atoms. The Bertz CT molecular complexity index is 103. The van der Waals surface area contributed by atoms with Crippen molar-refractivity contribution in [2.75, 3.05) is 27.3 Å². The second-order valence-corrected chi connectivity index (χ2v) is 1.79. The van der Waals surface area contributed by atoms with E-state index < -0.39 is 0 Å². The Hall–Kier alpha value is -0.800. The number of halogens is 1. The van der Waals surface area contributed by atoms with E-state index >= 15 is 0 Å². The predicted octanol–water partition coefficient (Wildman–Crippen LogP) is 0.141. The quantitative estimate of drug-likeness (QED) is 0.338. The van der Waals surface area contributed by atoms with Crippen molar-refractivity contribution < 1.29 is 4.39 Å². The zero-order valence-electron chi connectivity index (χ0n) is 6.45. The largest absolute Gasteiger partial charge is 0.359 e. The van der Waals surface area contributed by atoms with Crippen molar-refractivity contribution in [1.82, 2.24) is 10.6 Å². The van der Waals surface area contributed by atoms with Crippen molar-refractivity contribution in [2.45, 2.75) is 6.42 Å². The van der Waals surface area contributed by atoms with Gasteiger partial charge in [-0.15, -0.1) is 0 Å². The summed E-state index contributed by atoms with van der Waals surface area (Å²) in [7, 11) is 3.44. The summed E-state index contributed by atoms with van der Waals surface area (Å²) in [6.07, 6.45) is 0.528. The van der Waals surface area contributed by atoms with Gasteiger partial charge in [0.2, 0.25) is 0 Å². The van der Waals surface area contributed by atoms with Crippen LogP contribution in [-0.4, -0.2) is 33.3 Å². The van der Waals surface area contributed by atoms with Crippen LogP contribution in [0.2, 0.25) is 0 Å². The van der Waals surface area contributed by atoms with Crippen LogP contribution in [0.15, 0.2) is 4.99 Å². The lowest BCUT2D eigenvalue weighted by Crippen LogP contribution is -2.35. The second-order valence-electron chi connectivity index (χ2n) is 1.79. The van der Waals surface area contributed by atoms with Gasteiger partial charge in [0.25, 0.3) is 0 Å². The fourth-order valence-corrected chi connectivity index (χ4v) is 0.553.